The van der Waals surface area contributed by atoms with Crippen molar-refractivity contribution in [1.82, 2.24) is 15.1 Å². The molecule has 5 nitrogen and oxygen atoms in total. The van der Waals surface area contributed by atoms with Gasteiger partial charge in [-0.1, -0.05) is 12.8 Å². The second-order valence-corrected chi connectivity index (χ2v) is 5.91. The summed E-state index contributed by atoms with van der Waals surface area (Å²) in [5.41, 5.74) is 0. The number of piperidine rings is 1. The number of nitrogens with one attached hydrogen (secondary N) is 1. The van der Waals surface area contributed by atoms with E-state index in [4.69, 9.17) is 0 Å². The summed E-state index contributed by atoms with van der Waals surface area (Å²) in [7, 11) is 3.84. The number of nitrogens with zero attached hydrogens (tertiary/aromatic N) is 2. The van der Waals surface area contributed by atoms with Crippen LogP contribution in [0, 0.1) is 0 Å². The zero-order chi connectivity index (χ0) is 13.8. The summed E-state index contributed by atoms with van der Waals surface area (Å²) < 4.78 is 0. The van der Waals surface area contributed by atoms with Crippen molar-refractivity contribution < 1.29 is 9.59 Å². The fraction of sp³-hybridized carbons (Fsp3) is 0.857. The summed E-state index contributed by atoms with van der Waals surface area (Å²) in [6, 6.07) is 0.417. The predicted molar refractivity (Wildman–Crippen MR) is 73.7 cm³/mol. The van der Waals surface area contributed by atoms with Gasteiger partial charge >= 0.3 is 11.8 Å². The molecule has 2 fully saturated rings. The summed E-state index contributed by atoms with van der Waals surface area (Å²) in [5, 5.41) is 2.87. The van der Waals surface area contributed by atoms with Gasteiger partial charge in [0.25, 0.3) is 0 Å². The number of likely N-dealkylation sites (N-methyl/N-ethyl adjacent to an activating group) is 1. The van der Waals surface area contributed by atoms with Crippen LogP contribution >= 0.6 is 0 Å². The Labute approximate surface area is 115 Å². The predicted octanol–water partition coefficient (Wildman–Crippen LogP) is 0.598. The first-order valence-electron chi connectivity index (χ1n) is 7.34. The summed E-state index contributed by atoms with van der Waals surface area (Å²) in [6.45, 7) is 1.99. The fourth-order valence-corrected chi connectivity index (χ4v) is 3.03. The lowest BCUT2D eigenvalue weighted by Crippen LogP contribution is -2.50. The van der Waals surface area contributed by atoms with Gasteiger partial charge in [0.2, 0.25) is 0 Å². The van der Waals surface area contributed by atoms with Gasteiger partial charge < -0.3 is 15.1 Å². The minimum Gasteiger partial charge on any atom is -0.345 e. The Hall–Kier alpha value is -1.10. The second-order valence-electron chi connectivity index (χ2n) is 5.91. The Morgan fingerprint density at radius 3 is 2.26 bits per heavy atom. The summed E-state index contributed by atoms with van der Waals surface area (Å²) in [5.74, 6) is -0.796. The van der Waals surface area contributed by atoms with Crippen LogP contribution < -0.4 is 5.32 Å². The maximum Gasteiger partial charge on any atom is 0.311 e. The van der Waals surface area contributed by atoms with E-state index in [1.54, 1.807) is 11.9 Å². The summed E-state index contributed by atoms with van der Waals surface area (Å²) in [4.78, 5) is 27.9. The highest BCUT2D eigenvalue weighted by Crippen LogP contribution is 2.18. The normalized spacial score (nSPS) is 22.4. The Balaban J connectivity index is 1.82. The molecule has 1 N–H and O–H groups in total. The van der Waals surface area contributed by atoms with E-state index in [1.165, 1.54) is 0 Å². The third-order valence-electron chi connectivity index (χ3n) is 4.44. The van der Waals surface area contributed by atoms with Crippen LogP contribution in [0.3, 0.4) is 0 Å². The van der Waals surface area contributed by atoms with E-state index >= 15 is 0 Å². The van der Waals surface area contributed by atoms with Crippen molar-refractivity contribution in [2.24, 2.45) is 0 Å². The lowest BCUT2D eigenvalue weighted by atomic mass is 10.0. The number of hydrogen-bond donors (Lipinski definition) is 1. The van der Waals surface area contributed by atoms with Crippen molar-refractivity contribution in [3.8, 4) is 0 Å². The van der Waals surface area contributed by atoms with E-state index in [9.17, 15) is 9.59 Å². The van der Waals surface area contributed by atoms with E-state index in [1.807, 2.05) is 0 Å². The van der Waals surface area contributed by atoms with Gasteiger partial charge in [-0.15, -0.1) is 0 Å². The number of carbonyl (C=O) groups excluding carboxylic acids is 2. The molecule has 0 aromatic carbocycles. The molecule has 1 aliphatic carbocycles. The topological polar surface area (TPSA) is 52.7 Å². The Kier molecular flexibility index (Phi) is 4.80. The van der Waals surface area contributed by atoms with E-state index in [0.29, 0.717) is 0 Å². The van der Waals surface area contributed by atoms with Crippen LogP contribution in [-0.4, -0.2) is 60.9 Å². The molecule has 5 heteroatoms. The van der Waals surface area contributed by atoms with Crippen LogP contribution in [0.4, 0.5) is 0 Å². The molecule has 1 saturated heterocycles. The average Bonchev–Trinajstić information content (AvgIpc) is 2.90. The van der Waals surface area contributed by atoms with Crippen LogP contribution in [0.1, 0.15) is 38.5 Å². The highest BCUT2D eigenvalue weighted by atomic mass is 16.2. The van der Waals surface area contributed by atoms with E-state index < -0.39 is 5.91 Å². The van der Waals surface area contributed by atoms with Crippen LogP contribution in [0.15, 0.2) is 0 Å². The van der Waals surface area contributed by atoms with Crippen molar-refractivity contribution in [3.63, 3.8) is 0 Å². The number of rotatable bonds is 2. The van der Waals surface area contributed by atoms with Gasteiger partial charge in [0.1, 0.15) is 0 Å². The molecular weight excluding hydrogens is 242 g/mol. The van der Waals surface area contributed by atoms with Crippen molar-refractivity contribution in [2.45, 2.75) is 50.6 Å². The van der Waals surface area contributed by atoms with Gasteiger partial charge in [-0.05, 0) is 45.8 Å². The standard InChI is InChI=1S/C14H25N3O2/c1-16-9-7-12(8-10-16)17(2)14(19)13(18)15-11-5-3-4-6-11/h11-12H,3-10H2,1-2H3,(H,15,18). The largest absolute Gasteiger partial charge is 0.345 e. The maximum atomic E-state index is 12.1. The molecule has 0 aromatic heterocycles. The van der Waals surface area contributed by atoms with Crippen molar-refractivity contribution in [3.05, 3.63) is 0 Å². The lowest BCUT2D eigenvalue weighted by molar-refractivity contribution is -0.147. The zero-order valence-electron chi connectivity index (χ0n) is 12.0. The van der Waals surface area contributed by atoms with E-state index in [-0.39, 0.29) is 18.0 Å². The molecular formula is C14H25N3O2. The second kappa shape index (κ2) is 6.37. The van der Waals surface area contributed by atoms with Gasteiger partial charge in [-0.2, -0.15) is 0 Å². The van der Waals surface area contributed by atoms with Crippen LogP contribution in [0.5, 0.6) is 0 Å². The maximum absolute atomic E-state index is 12.1. The smallest absolute Gasteiger partial charge is 0.311 e. The van der Waals surface area contributed by atoms with Crippen LogP contribution in [0.2, 0.25) is 0 Å². The monoisotopic (exact) mass is 267 g/mol. The van der Waals surface area contributed by atoms with Gasteiger partial charge in [0.05, 0.1) is 0 Å². The summed E-state index contributed by atoms with van der Waals surface area (Å²) >= 11 is 0. The highest BCUT2D eigenvalue weighted by Gasteiger charge is 2.29. The first-order chi connectivity index (χ1) is 9.08. The van der Waals surface area contributed by atoms with Crippen molar-refractivity contribution in [2.75, 3.05) is 27.2 Å². The molecule has 0 atom stereocenters. The summed E-state index contributed by atoms with van der Waals surface area (Å²) in [6.07, 6.45) is 6.24. The Morgan fingerprint density at radius 1 is 1.11 bits per heavy atom. The Morgan fingerprint density at radius 2 is 1.68 bits per heavy atom. The molecule has 0 bridgehead atoms. The van der Waals surface area contributed by atoms with Crippen LogP contribution in [-0.2, 0) is 9.59 Å². The number of hydrogen-bond acceptors (Lipinski definition) is 3. The molecule has 108 valence electrons. The molecule has 0 unspecified atom stereocenters. The Bertz CT molecular complexity index is 332. The molecule has 2 aliphatic rings. The first kappa shape index (κ1) is 14.3. The molecule has 1 heterocycles. The fourth-order valence-electron chi connectivity index (χ4n) is 3.03. The van der Waals surface area contributed by atoms with Crippen molar-refractivity contribution >= 4 is 11.8 Å². The molecule has 1 saturated carbocycles. The van der Waals surface area contributed by atoms with Crippen LogP contribution in [0.25, 0.3) is 0 Å². The van der Waals surface area contributed by atoms with Gasteiger partial charge in [0, 0.05) is 19.1 Å². The molecule has 0 spiro atoms. The third kappa shape index (κ3) is 3.69. The van der Waals surface area contributed by atoms with Gasteiger partial charge in [-0.3, -0.25) is 9.59 Å². The van der Waals surface area contributed by atoms with Crippen molar-refractivity contribution in [1.29, 1.82) is 0 Å². The minimum absolute atomic E-state index is 0.207. The van der Waals surface area contributed by atoms with Gasteiger partial charge in [0.15, 0.2) is 0 Å². The third-order valence-corrected chi connectivity index (χ3v) is 4.44. The molecule has 2 rings (SSSR count). The number of carbonyl (C=O) groups is 2. The molecule has 0 aromatic rings. The number of amides is 2. The molecule has 1 aliphatic heterocycles. The highest BCUT2D eigenvalue weighted by molar-refractivity contribution is 6.35. The molecule has 19 heavy (non-hydrogen) atoms. The van der Waals surface area contributed by atoms with Gasteiger partial charge in [-0.25, -0.2) is 0 Å². The SMILES string of the molecule is CN1CCC(N(C)C(=O)C(=O)NC2CCCC2)CC1. The molecule has 2 amide bonds. The molecule has 0 radical (unpaired) electrons. The number of likely N-dealkylation sites (tertiary alicyclic amines) is 1. The quantitative estimate of drug-likeness (QED) is 0.745. The first-order valence-corrected chi connectivity index (χ1v) is 7.34. The average molecular weight is 267 g/mol. The van der Waals surface area contributed by atoms with E-state index in [2.05, 4.69) is 17.3 Å². The lowest BCUT2D eigenvalue weighted by Gasteiger charge is -2.34. The van der Waals surface area contributed by atoms with E-state index in [0.717, 1.165) is 51.6 Å². The zero-order valence-corrected chi connectivity index (χ0v) is 12.0. The minimum atomic E-state index is -0.423.